The van der Waals surface area contributed by atoms with Gasteiger partial charge in [0.25, 0.3) is 4.92 Å². The summed E-state index contributed by atoms with van der Waals surface area (Å²) in [5.41, 5.74) is 1.65. The predicted molar refractivity (Wildman–Crippen MR) is 60.7 cm³/mol. The van der Waals surface area contributed by atoms with Gasteiger partial charge >= 0.3 is 5.69 Å². The second kappa shape index (κ2) is 5.58. The summed E-state index contributed by atoms with van der Waals surface area (Å²) < 4.78 is 10.7. The lowest BCUT2D eigenvalue weighted by Crippen LogP contribution is -2.07. The number of rotatable bonds is 4. The maximum absolute atomic E-state index is 11.6. The number of hydrogen-bond acceptors (Lipinski definition) is 5. The summed E-state index contributed by atoms with van der Waals surface area (Å²) in [7, 11) is 1.28. The Bertz CT molecular complexity index is 489. The molecule has 0 unspecified atom stereocenters. The van der Waals surface area contributed by atoms with Gasteiger partial charge in [-0.25, -0.2) is 4.84 Å². The molecular formula is C12H13N2O4+. The first-order valence-corrected chi connectivity index (χ1v) is 5.50. The average molecular weight is 249 g/mol. The third kappa shape index (κ3) is 2.47. The summed E-state index contributed by atoms with van der Waals surface area (Å²) in [6, 6.07) is 7.14. The molecule has 0 amide bonds. The molecule has 18 heavy (non-hydrogen) atoms. The van der Waals surface area contributed by atoms with Crippen molar-refractivity contribution >= 4 is 5.69 Å². The van der Waals surface area contributed by atoms with Gasteiger partial charge in [0, 0.05) is 6.07 Å². The molecule has 1 aliphatic heterocycles. The fraction of sp³-hybridized carbons (Fsp3) is 0.417. The average Bonchev–Trinajstić information content (AvgIpc) is 2.92. The predicted octanol–water partition coefficient (Wildman–Crippen LogP) is 1.77. The molecule has 1 aliphatic rings. The minimum Gasteiger partial charge on any atom is -0.346 e. The van der Waals surface area contributed by atoms with Crippen molar-refractivity contribution in [3.8, 4) is 6.07 Å². The lowest BCUT2D eigenvalue weighted by Gasteiger charge is -2.09. The Morgan fingerprint density at radius 1 is 1.50 bits per heavy atom. The lowest BCUT2D eigenvalue weighted by atomic mass is 10.1. The van der Waals surface area contributed by atoms with Crippen LogP contribution in [-0.2, 0) is 20.7 Å². The van der Waals surface area contributed by atoms with Gasteiger partial charge in [0.2, 0.25) is 0 Å². The highest BCUT2D eigenvalue weighted by Gasteiger charge is 2.30. The van der Waals surface area contributed by atoms with Crippen LogP contribution in [0, 0.1) is 16.2 Å². The van der Waals surface area contributed by atoms with Crippen LogP contribution in [0.5, 0.6) is 0 Å². The van der Waals surface area contributed by atoms with Crippen LogP contribution in [0.15, 0.2) is 18.2 Å². The zero-order valence-electron chi connectivity index (χ0n) is 9.96. The van der Waals surface area contributed by atoms with E-state index in [1.165, 1.54) is 7.11 Å². The maximum Gasteiger partial charge on any atom is 0.325 e. The molecule has 0 N–H and O–H groups in total. The van der Waals surface area contributed by atoms with Gasteiger partial charge in [-0.05, 0) is 11.6 Å². The summed E-state index contributed by atoms with van der Waals surface area (Å²) in [5.74, 6) is 0. The number of nitriles is 1. The first-order valence-electron chi connectivity index (χ1n) is 5.50. The molecule has 1 aromatic rings. The van der Waals surface area contributed by atoms with Crippen LogP contribution in [-0.4, -0.2) is 25.2 Å². The maximum atomic E-state index is 11.6. The van der Waals surface area contributed by atoms with E-state index in [2.05, 4.69) is 4.84 Å². The number of nitrogens with zero attached hydrogens (tertiary/aromatic N) is 2. The number of hydrogen-bond donors (Lipinski definition) is 0. The third-order valence-electron chi connectivity index (χ3n) is 2.62. The number of ether oxygens (including phenoxy) is 2. The van der Waals surface area contributed by atoms with Crippen molar-refractivity contribution in [3.05, 3.63) is 34.2 Å². The fourth-order valence-electron chi connectivity index (χ4n) is 1.78. The molecule has 2 rings (SSSR count). The van der Waals surface area contributed by atoms with Gasteiger partial charge in [-0.1, -0.05) is 6.07 Å². The molecule has 0 saturated carbocycles. The van der Waals surface area contributed by atoms with E-state index in [0.29, 0.717) is 29.4 Å². The normalized spacial score (nSPS) is 15.3. The highest BCUT2D eigenvalue weighted by molar-refractivity contribution is 5.44. The van der Waals surface area contributed by atoms with Crippen molar-refractivity contribution in [1.29, 1.82) is 5.26 Å². The van der Waals surface area contributed by atoms with Crippen LogP contribution in [0.1, 0.15) is 17.4 Å². The molecule has 0 spiro atoms. The Morgan fingerprint density at radius 3 is 2.83 bits per heavy atom. The second-order valence-electron chi connectivity index (χ2n) is 3.74. The molecule has 0 aliphatic carbocycles. The van der Waals surface area contributed by atoms with E-state index < -0.39 is 6.29 Å². The SMILES string of the molecule is CO[N+](=O)c1cc(CC#N)ccc1C1OCCO1. The summed E-state index contributed by atoms with van der Waals surface area (Å²) in [6.45, 7) is 0.992. The Kier molecular flexibility index (Phi) is 3.87. The van der Waals surface area contributed by atoms with E-state index in [9.17, 15) is 4.91 Å². The number of benzene rings is 1. The first kappa shape index (κ1) is 12.5. The van der Waals surface area contributed by atoms with Crippen LogP contribution in [0.25, 0.3) is 0 Å². The van der Waals surface area contributed by atoms with Crippen molar-refractivity contribution < 1.29 is 19.2 Å². The molecule has 0 bridgehead atoms. The highest BCUT2D eigenvalue weighted by Crippen LogP contribution is 2.32. The Hall–Kier alpha value is -1.97. The smallest absolute Gasteiger partial charge is 0.325 e. The highest BCUT2D eigenvalue weighted by atomic mass is 16.8. The van der Waals surface area contributed by atoms with Crippen molar-refractivity contribution in [2.75, 3.05) is 20.3 Å². The fourth-order valence-corrected chi connectivity index (χ4v) is 1.78. The van der Waals surface area contributed by atoms with Gasteiger partial charge in [0.1, 0.15) is 0 Å². The van der Waals surface area contributed by atoms with Crippen LogP contribution < -0.4 is 0 Å². The molecule has 1 heterocycles. The quantitative estimate of drug-likeness (QED) is 0.760. The molecule has 1 fully saturated rings. The van der Waals surface area contributed by atoms with E-state index in [1.807, 2.05) is 6.07 Å². The summed E-state index contributed by atoms with van der Waals surface area (Å²) >= 11 is 0. The van der Waals surface area contributed by atoms with E-state index >= 15 is 0 Å². The van der Waals surface area contributed by atoms with E-state index in [1.54, 1.807) is 18.2 Å². The van der Waals surface area contributed by atoms with Gasteiger partial charge in [0.05, 0.1) is 36.2 Å². The molecule has 1 saturated heterocycles. The summed E-state index contributed by atoms with van der Waals surface area (Å²) in [4.78, 5) is 16.7. The topological polar surface area (TPSA) is 71.6 Å². The van der Waals surface area contributed by atoms with Gasteiger partial charge < -0.3 is 9.47 Å². The molecule has 1 aromatic carbocycles. The van der Waals surface area contributed by atoms with Crippen LogP contribution >= 0.6 is 0 Å². The Labute approximate surface area is 104 Å². The second-order valence-corrected chi connectivity index (χ2v) is 3.74. The first-order chi connectivity index (χ1) is 8.76. The largest absolute Gasteiger partial charge is 0.346 e. The molecular weight excluding hydrogens is 236 g/mol. The van der Waals surface area contributed by atoms with Crippen LogP contribution in [0.3, 0.4) is 0 Å². The molecule has 6 nitrogen and oxygen atoms in total. The van der Waals surface area contributed by atoms with Crippen molar-refractivity contribution in [2.45, 2.75) is 12.7 Å². The Balaban J connectivity index is 2.38. The van der Waals surface area contributed by atoms with Gasteiger partial charge in [-0.3, -0.25) is 0 Å². The molecule has 0 radical (unpaired) electrons. The van der Waals surface area contributed by atoms with Crippen molar-refractivity contribution in [2.24, 2.45) is 0 Å². The van der Waals surface area contributed by atoms with Crippen molar-refractivity contribution in [1.82, 2.24) is 0 Å². The third-order valence-corrected chi connectivity index (χ3v) is 2.62. The minimum absolute atomic E-state index is 0.233. The van der Waals surface area contributed by atoms with Crippen molar-refractivity contribution in [3.63, 3.8) is 0 Å². The van der Waals surface area contributed by atoms with E-state index in [4.69, 9.17) is 14.7 Å². The van der Waals surface area contributed by atoms with Gasteiger partial charge in [0.15, 0.2) is 13.4 Å². The zero-order chi connectivity index (χ0) is 13.0. The minimum atomic E-state index is -0.553. The summed E-state index contributed by atoms with van der Waals surface area (Å²) in [5, 5.41) is 8.66. The molecule has 94 valence electrons. The zero-order valence-corrected chi connectivity index (χ0v) is 9.96. The lowest BCUT2D eigenvalue weighted by molar-refractivity contribution is -0.737. The monoisotopic (exact) mass is 249 g/mol. The van der Waals surface area contributed by atoms with E-state index in [0.717, 1.165) is 5.56 Å². The molecule has 6 heteroatoms. The van der Waals surface area contributed by atoms with Gasteiger partial charge in [-0.15, -0.1) is 0 Å². The standard InChI is InChI=1S/C12H13N2O4/c1-16-14(15)11-8-9(4-5-13)2-3-10(11)12-17-6-7-18-12/h2-3,8,12H,4,6-7H2,1H3/q+1. The summed E-state index contributed by atoms with van der Waals surface area (Å²) in [6.07, 6.45) is -0.320. The molecule has 0 atom stereocenters. The van der Waals surface area contributed by atoms with Crippen LogP contribution in [0.2, 0.25) is 0 Å². The van der Waals surface area contributed by atoms with Crippen LogP contribution in [0.4, 0.5) is 5.69 Å². The Morgan fingerprint density at radius 2 is 2.22 bits per heavy atom. The van der Waals surface area contributed by atoms with Gasteiger partial charge in [-0.2, -0.15) is 5.26 Å². The van der Waals surface area contributed by atoms with E-state index in [-0.39, 0.29) is 6.42 Å². The molecule has 0 aromatic heterocycles.